The highest BCUT2D eigenvalue weighted by Crippen LogP contribution is 2.67. The molecule has 3 aromatic rings. The van der Waals surface area contributed by atoms with Gasteiger partial charge in [0.15, 0.2) is 0 Å². The van der Waals surface area contributed by atoms with E-state index in [2.05, 4.69) is 152 Å². The molecule has 0 bridgehead atoms. The van der Waals surface area contributed by atoms with E-state index >= 15 is 0 Å². The molecule has 11 rings (SSSR count). The van der Waals surface area contributed by atoms with Crippen LogP contribution in [0.15, 0.2) is 161 Å². The molecule has 1 heterocycles. The lowest BCUT2D eigenvalue weighted by atomic mass is 9.58. The fourth-order valence-corrected chi connectivity index (χ4v) is 12.9. The van der Waals surface area contributed by atoms with Crippen molar-refractivity contribution in [3.05, 3.63) is 189 Å². The van der Waals surface area contributed by atoms with E-state index in [-0.39, 0.29) is 17.6 Å². The molecular weight excluding hydrogens is 689 g/mol. The van der Waals surface area contributed by atoms with E-state index < -0.39 is 0 Å². The van der Waals surface area contributed by atoms with Gasteiger partial charge in [-0.2, -0.15) is 0 Å². The standard InChI is InChI=1S/C55H58N2/c1-54(2)48-32-42(28-29-44(48)45-33-46-43-18-10-11-19-47(43)55(30-12-5-13-31-55)50(46)34-49(45)54)38-22-26-40(27-23-38)52-35-51(56-53(57-52)41-16-8-4-9-17-41)39-24-20-37(21-25-39)36-14-6-3-7-15-36/h3-4,6-8,10-11,14-16,18-20,22-24,26-27,32-33,35,46,49-50,52-53,56-57H,5,9,12-13,17,21,25,28-31,34H2,1-2H3. The molecule has 288 valence electrons. The largest absolute Gasteiger partial charge is 0.366 e. The topological polar surface area (TPSA) is 24.1 Å². The van der Waals surface area contributed by atoms with Crippen molar-refractivity contribution in [2.75, 3.05) is 0 Å². The van der Waals surface area contributed by atoms with Crippen molar-refractivity contribution < 1.29 is 0 Å². The van der Waals surface area contributed by atoms with Crippen LogP contribution in [0, 0.1) is 17.3 Å². The van der Waals surface area contributed by atoms with Crippen LogP contribution in [0.25, 0.3) is 11.1 Å². The summed E-state index contributed by atoms with van der Waals surface area (Å²) in [6, 6.07) is 30.3. The second-order valence-electron chi connectivity index (χ2n) is 19.0. The quantitative estimate of drug-likeness (QED) is 0.272. The average Bonchev–Trinajstić information content (AvgIpc) is 3.66. The van der Waals surface area contributed by atoms with Crippen molar-refractivity contribution in [1.29, 1.82) is 0 Å². The fourth-order valence-electron chi connectivity index (χ4n) is 12.9. The van der Waals surface area contributed by atoms with Crippen molar-refractivity contribution >= 4 is 11.1 Å². The van der Waals surface area contributed by atoms with Gasteiger partial charge in [0.05, 0.1) is 6.04 Å². The van der Waals surface area contributed by atoms with E-state index in [4.69, 9.17) is 0 Å². The third-order valence-electron chi connectivity index (χ3n) is 15.8. The molecular formula is C55H58N2. The van der Waals surface area contributed by atoms with Gasteiger partial charge < -0.3 is 5.32 Å². The second-order valence-corrected chi connectivity index (χ2v) is 19.0. The summed E-state index contributed by atoms with van der Waals surface area (Å²) in [5, 5.41) is 7.92. The maximum atomic E-state index is 4.00. The Bertz CT molecular complexity index is 2340. The summed E-state index contributed by atoms with van der Waals surface area (Å²) in [4.78, 5) is 0. The van der Waals surface area contributed by atoms with Gasteiger partial charge in [-0.25, -0.2) is 0 Å². The third-order valence-corrected chi connectivity index (χ3v) is 15.8. The molecule has 5 unspecified atom stereocenters. The van der Waals surface area contributed by atoms with Crippen LogP contribution in [0.5, 0.6) is 0 Å². The smallest absolute Gasteiger partial charge is 0.100 e. The Kier molecular flexibility index (Phi) is 8.73. The number of hydrogen-bond donors (Lipinski definition) is 2. The van der Waals surface area contributed by atoms with E-state index in [0.29, 0.717) is 17.3 Å². The predicted octanol–water partition coefficient (Wildman–Crippen LogP) is 13.3. The minimum Gasteiger partial charge on any atom is -0.366 e. The van der Waals surface area contributed by atoms with Gasteiger partial charge in [-0.05, 0) is 153 Å². The highest BCUT2D eigenvalue weighted by atomic mass is 15.2. The van der Waals surface area contributed by atoms with Gasteiger partial charge >= 0.3 is 0 Å². The molecule has 2 N–H and O–H groups in total. The first-order valence-corrected chi connectivity index (χ1v) is 22.4. The van der Waals surface area contributed by atoms with Gasteiger partial charge in [0.1, 0.15) is 6.17 Å². The Balaban J connectivity index is 0.878. The Morgan fingerprint density at radius 1 is 0.684 bits per heavy atom. The molecule has 1 saturated carbocycles. The Morgan fingerprint density at radius 2 is 1.44 bits per heavy atom. The van der Waals surface area contributed by atoms with Crippen LogP contribution in [0.3, 0.4) is 0 Å². The van der Waals surface area contributed by atoms with Crippen LogP contribution in [-0.4, -0.2) is 6.17 Å². The molecule has 1 fully saturated rings. The zero-order chi connectivity index (χ0) is 38.1. The molecule has 3 aromatic carbocycles. The predicted molar refractivity (Wildman–Crippen MR) is 237 cm³/mol. The molecule has 1 spiro atoms. The highest BCUT2D eigenvalue weighted by Gasteiger charge is 2.57. The molecule has 2 heteroatoms. The van der Waals surface area contributed by atoms with Crippen LogP contribution in [0.1, 0.15) is 131 Å². The van der Waals surface area contributed by atoms with Crippen LogP contribution in [0.4, 0.5) is 0 Å². The molecule has 7 aliphatic carbocycles. The van der Waals surface area contributed by atoms with Crippen molar-refractivity contribution in [2.24, 2.45) is 17.3 Å². The zero-order valence-corrected chi connectivity index (χ0v) is 34.0. The van der Waals surface area contributed by atoms with Gasteiger partial charge in [-0.1, -0.05) is 155 Å². The van der Waals surface area contributed by atoms with Crippen LogP contribution in [-0.2, 0) is 5.41 Å². The molecule has 0 saturated heterocycles. The lowest BCUT2D eigenvalue weighted by Gasteiger charge is -2.46. The van der Waals surface area contributed by atoms with E-state index in [0.717, 1.165) is 38.0 Å². The lowest BCUT2D eigenvalue weighted by Crippen LogP contribution is -2.48. The molecule has 0 radical (unpaired) electrons. The van der Waals surface area contributed by atoms with E-state index in [1.54, 1.807) is 27.8 Å². The minimum atomic E-state index is 0.120. The van der Waals surface area contributed by atoms with Gasteiger partial charge in [-0.3, -0.25) is 5.32 Å². The molecule has 0 aromatic heterocycles. The Labute approximate surface area is 341 Å². The number of fused-ring (bicyclic) bond motifs is 7. The highest BCUT2D eigenvalue weighted by molar-refractivity contribution is 5.74. The normalized spacial score (nSPS) is 29.4. The maximum absolute atomic E-state index is 4.00. The fraction of sp³-hybridized carbons (Fsp3) is 0.382. The van der Waals surface area contributed by atoms with Crippen molar-refractivity contribution in [2.45, 2.75) is 114 Å². The summed E-state index contributed by atoms with van der Waals surface area (Å²) in [5.41, 5.74) is 20.1. The lowest BCUT2D eigenvalue weighted by molar-refractivity contribution is 0.143. The number of rotatable bonds is 5. The summed E-state index contributed by atoms with van der Waals surface area (Å²) < 4.78 is 0. The van der Waals surface area contributed by atoms with Crippen LogP contribution in [0.2, 0.25) is 0 Å². The minimum absolute atomic E-state index is 0.120. The second kappa shape index (κ2) is 14.0. The number of hydrogen-bond acceptors (Lipinski definition) is 2. The average molecular weight is 747 g/mol. The summed E-state index contributed by atoms with van der Waals surface area (Å²) >= 11 is 0. The first-order valence-electron chi connectivity index (χ1n) is 22.4. The van der Waals surface area contributed by atoms with Gasteiger partial charge in [0.25, 0.3) is 0 Å². The summed E-state index contributed by atoms with van der Waals surface area (Å²) in [5.74, 6) is 1.97. The first-order chi connectivity index (χ1) is 28.0. The molecule has 2 nitrogen and oxygen atoms in total. The maximum Gasteiger partial charge on any atom is 0.100 e. The summed E-state index contributed by atoms with van der Waals surface area (Å²) in [7, 11) is 0. The van der Waals surface area contributed by atoms with Gasteiger partial charge in [0.2, 0.25) is 0 Å². The zero-order valence-electron chi connectivity index (χ0n) is 34.0. The van der Waals surface area contributed by atoms with E-state index in [1.807, 2.05) is 0 Å². The summed E-state index contributed by atoms with van der Waals surface area (Å²) in [6.07, 6.45) is 34.5. The van der Waals surface area contributed by atoms with E-state index in [1.165, 1.54) is 89.6 Å². The molecule has 0 amide bonds. The van der Waals surface area contributed by atoms with Crippen LogP contribution < -0.4 is 10.6 Å². The monoisotopic (exact) mass is 746 g/mol. The Morgan fingerprint density at radius 3 is 2.23 bits per heavy atom. The SMILES string of the molecule is CC1(C)C2=C(CCC(c3ccc(C4C=C(C5=CC=C(c6ccccc6)CC5)NC(C5=CC=CCC5)N4)cc3)=C2)C2=CC3c4ccccc4C4(CCCCC4)C3CC21. The first kappa shape index (κ1) is 35.5. The van der Waals surface area contributed by atoms with E-state index in [9.17, 15) is 0 Å². The molecule has 5 atom stereocenters. The van der Waals surface area contributed by atoms with Crippen molar-refractivity contribution in [3.8, 4) is 0 Å². The number of nitrogens with one attached hydrogen (secondary N) is 2. The molecule has 1 aliphatic heterocycles. The number of allylic oxidation sites excluding steroid dienone is 13. The van der Waals surface area contributed by atoms with Crippen molar-refractivity contribution in [1.82, 2.24) is 10.6 Å². The molecule has 57 heavy (non-hydrogen) atoms. The van der Waals surface area contributed by atoms with Crippen LogP contribution >= 0.6 is 0 Å². The third kappa shape index (κ3) is 5.92. The van der Waals surface area contributed by atoms with Crippen molar-refractivity contribution in [3.63, 3.8) is 0 Å². The van der Waals surface area contributed by atoms with Gasteiger partial charge in [-0.15, -0.1) is 0 Å². The molecule has 8 aliphatic rings. The number of benzene rings is 3. The summed E-state index contributed by atoms with van der Waals surface area (Å²) in [6.45, 7) is 5.15. The Hall–Kier alpha value is -4.66. The van der Waals surface area contributed by atoms with Gasteiger partial charge in [0, 0.05) is 11.6 Å².